The summed E-state index contributed by atoms with van der Waals surface area (Å²) in [6.45, 7) is -0.740. The number of carbonyl (C=O) groups is 3. The van der Waals surface area contributed by atoms with Crippen molar-refractivity contribution in [3.63, 3.8) is 0 Å². The Labute approximate surface area is 187 Å². The number of anilines is 1. The van der Waals surface area contributed by atoms with Crippen LogP contribution in [0, 0.1) is 5.82 Å². The number of benzene rings is 3. The lowest BCUT2D eigenvalue weighted by molar-refractivity contribution is -0.144. The van der Waals surface area contributed by atoms with Gasteiger partial charge in [0.15, 0.2) is 12.4 Å². The van der Waals surface area contributed by atoms with E-state index in [0.29, 0.717) is 0 Å². The van der Waals surface area contributed by atoms with E-state index in [1.165, 1.54) is 12.1 Å². The van der Waals surface area contributed by atoms with Gasteiger partial charge < -0.3 is 9.84 Å². The summed E-state index contributed by atoms with van der Waals surface area (Å²) in [5.74, 6) is -3.47. The van der Waals surface area contributed by atoms with Crippen molar-refractivity contribution in [1.82, 2.24) is 5.48 Å². The van der Waals surface area contributed by atoms with Gasteiger partial charge in [-0.2, -0.15) is 0 Å². The van der Waals surface area contributed by atoms with Gasteiger partial charge in [0.2, 0.25) is 0 Å². The number of carboxylic acids is 1. The molecule has 1 aliphatic rings. The lowest BCUT2D eigenvalue weighted by Crippen LogP contribution is -2.27. The standard InChI is InChI=1S/C24H19FN2O6/c25-22-18(23(30)27-33-13-21(28)29)10-5-11-20(22)26-24(31)32-12-19-16-8-3-1-6-14(16)15-7-2-4-9-17(15)19/h1-11,19H,12-13H2,(H,26,31)(H,27,30)(H,28,29). The molecule has 8 nitrogen and oxygen atoms in total. The van der Waals surface area contributed by atoms with Crippen LogP contribution < -0.4 is 10.8 Å². The molecule has 0 saturated carbocycles. The molecule has 0 heterocycles. The van der Waals surface area contributed by atoms with Gasteiger partial charge in [0, 0.05) is 5.92 Å². The van der Waals surface area contributed by atoms with Crippen LogP contribution in [0.1, 0.15) is 27.4 Å². The molecule has 0 aliphatic heterocycles. The van der Waals surface area contributed by atoms with Crippen LogP contribution in [0.25, 0.3) is 11.1 Å². The largest absolute Gasteiger partial charge is 0.479 e. The molecule has 168 valence electrons. The Hall–Kier alpha value is -4.24. The third kappa shape index (κ3) is 4.68. The number of carbonyl (C=O) groups excluding carboxylic acids is 2. The smallest absolute Gasteiger partial charge is 0.411 e. The summed E-state index contributed by atoms with van der Waals surface area (Å²) in [4.78, 5) is 39.3. The third-order valence-corrected chi connectivity index (χ3v) is 5.18. The number of halogens is 1. The number of nitrogens with one attached hydrogen (secondary N) is 2. The van der Waals surface area contributed by atoms with Crippen LogP contribution in [0.5, 0.6) is 0 Å². The van der Waals surface area contributed by atoms with E-state index in [1.807, 2.05) is 54.0 Å². The predicted molar refractivity (Wildman–Crippen MR) is 116 cm³/mol. The zero-order valence-electron chi connectivity index (χ0n) is 17.2. The Balaban J connectivity index is 1.42. The monoisotopic (exact) mass is 450 g/mol. The second-order valence-corrected chi connectivity index (χ2v) is 7.23. The van der Waals surface area contributed by atoms with Crippen molar-refractivity contribution in [1.29, 1.82) is 0 Å². The van der Waals surface area contributed by atoms with Crippen molar-refractivity contribution in [2.24, 2.45) is 0 Å². The average molecular weight is 450 g/mol. The Bertz CT molecular complexity index is 1180. The van der Waals surface area contributed by atoms with E-state index in [1.54, 1.807) is 0 Å². The second-order valence-electron chi connectivity index (χ2n) is 7.23. The molecule has 3 aromatic rings. The highest BCUT2D eigenvalue weighted by Gasteiger charge is 2.29. The summed E-state index contributed by atoms with van der Waals surface area (Å²) in [5.41, 5.74) is 5.37. The lowest BCUT2D eigenvalue weighted by atomic mass is 9.98. The van der Waals surface area contributed by atoms with Crippen LogP contribution in [0.3, 0.4) is 0 Å². The molecule has 0 radical (unpaired) electrons. The molecule has 0 aromatic heterocycles. The summed E-state index contributed by atoms with van der Waals surface area (Å²) in [6, 6.07) is 19.5. The molecule has 0 spiro atoms. The minimum Gasteiger partial charge on any atom is -0.479 e. The number of carboxylic acid groups (broad SMARTS) is 1. The lowest BCUT2D eigenvalue weighted by Gasteiger charge is -2.15. The fourth-order valence-corrected chi connectivity index (χ4v) is 3.77. The first-order valence-electron chi connectivity index (χ1n) is 10.00. The molecule has 3 N–H and O–H groups in total. The summed E-state index contributed by atoms with van der Waals surface area (Å²) in [7, 11) is 0. The maximum atomic E-state index is 14.7. The number of hydrogen-bond donors (Lipinski definition) is 3. The van der Waals surface area contributed by atoms with Crippen LogP contribution in [0.2, 0.25) is 0 Å². The molecule has 1 aliphatic carbocycles. The van der Waals surface area contributed by atoms with Crippen molar-refractivity contribution >= 4 is 23.7 Å². The minimum absolute atomic E-state index is 0.0463. The Morgan fingerprint density at radius 2 is 1.55 bits per heavy atom. The van der Waals surface area contributed by atoms with Gasteiger partial charge in [-0.15, -0.1) is 0 Å². The zero-order chi connectivity index (χ0) is 23.4. The normalized spacial score (nSPS) is 11.9. The molecule has 0 bridgehead atoms. The van der Waals surface area contributed by atoms with Gasteiger partial charge in [-0.25, -0.2) is 19.5 Å². The van der Waals surface area contributed by atoms with Gasteiger partial charge in [0.1, 0.15) is 6.61 Å². The Kier molecular flexibility index (Phi) is 6.32. The topological polar surface area (TPSA) is 114 Å². The zero-order valence-corrected chi connectivity index (χ0v) is 17.2. The van der Waals surface area contributed by atoms with Crippen molar-refractivity contribution in [3.05, 3.63) is 89.2 Å². The van der Waals surface area contributed by atoms with E-state index < -0.39 is 36.0 Å². The Morgan fingerprint density at radius 1 is 0.909 bits per heavy atom. The predicted octanol–water partition coefficient (Wildman–Crippen LogP) is 3.93. The number of ether oxygens (including phenoxy) is 1. The van der Waals surface area contributed by atoms with Crippen LogP contribution in [-0.4, -0.2) is 36.3 Å². The highest BCUT2D eigenvalue weighted by Crippen LogP contribution is 2.44. The fraction of sp³-hybridized carbons (Fsp3) is 0.125. The molecule has 2 amide bonds. The second kappa shape index (κ2) is 9.49. The molecule has 0 fully saturated rings. The van der Waals surface area contributed by atoms with Crippen LogP contribution >= 0.6 is 0 Å². The summed E-state index contributed by atoms with van der Waals surface area (Å²) in [6.07, 6.45) is -0.879. The Morgan fingerprint density at radius 3 is 2.18 bits per heavy atom. The van der Waals surface area contributed by atoms with Gasteiger partial charge in [-0.3, -0.25) is 14.9 Å². The first kappa shape index (κ1) is 22.0. The van der Waals surface area contributed by atoms with E-state index >= 15 is 0 Å². The number of amides is 2. The number of hydroxylamine groups is 1. The molecule has 0 unspecified atom stereocenters. The fourth-order valence-electron chi connectivity index (χ4n) is 3.77. The number of rotatable bonds is 7. The highest BCUT2D eigenvalue weighted by molar-refractivity contribution is 5.96. The van der Waals surface area contributed by atoms with Gasteiger partial charge in [-0.05, 0) is 34.4 Å². The highest BCUT2D eigenvalue weighted by atomic mass is 19.1. The maximum absolute atomic E-state index is 14.7. The number of fused-ring (bicyclic) bond motifs is 3. The van der Waals surface area contributed by atoms with Gasteiger partial charge in [-0.1, -0.05) is 54.6 Å². The van der Waals surface area contributed by atoms with Gasteiger partial charge in [0.25, 0.3) is 5.91 Å². The quantitative estimate of drug-likeness (QED) is 0.470. The molecule has 0 saturated heterocycles. The molecule has 3 aromatic carbocycles. The minimum atomic E-state index is -1.30. The van der Waals surface area contributed by atoms with E-state index in [4.69, 9.17) is 9.84 Å². The SMILES string of the molecule is O=C(O)CONC(=O)c1cccc(NC(=O)OCC2c3ccccc3-c3ccccc32)c1F. The van der Waals surface area contributed by atoms with Gasteiger partial charge >= 0.3 is 12.1 Å². The number of hydrogen-bond acceptors (Lipinski definition) is 5. The van der Waals surface area contributed by atoms with Crippen molar-refractivity contribution in [2.75, 3.05) is 18.5 Å². The molecule has 4 rings (SSSR count). The average Bonchev–Trinajstić information content (AvgIpc) is 3.12. The third-order valence-electron chi connectivity index (χ3n) is 5.18. The first-order chi connectivity index (χ1) is 16.0. The maximum Gasteiger partial charge on any atom is 0.411 e. The van der Waals surface area contributed by atoms with Crippen LogP contribution in [0.15, 0.2) is 66.7 Å². The van der Waals surface area contributed by atoms with Crippen molar-refractivity contribution < 1.29 is 33.5 Å². The van der Waals surface area contributed by atoms with E-state index in [0.717, 1.165) is 28.3 Å². The summed E-state index contributed by atoms with van der Waals surface area (Å²) in [5, 5.41) is 10.8. The molecule has 33 heavy (non-hydrogen) atoms. The molecule has 9 heteroatoms. The van der Waals surface area contributed by atoms with Crippen LogP contribution in [-0.2, 0) is 14.4 Å². The van der Waals surface area contributed by atoms with E-state index in [9.17, 15) is 18.8 Å². The molecular formula is C24H19FN2O6. The van der Waals surface area contributed by atoms with Crippen molar-refractivity contribution in [2.45, 2.75) is 5.92 Å². The van der Waals surface area contributed by atoms with E-state index in [-0.39, 0.29) is 18.2 Å². The van der Waals surface area contributed by atoms with Crippen molar-refractivity contribution in [3.8, 4) is 11.1 Å². The van der Waals surface area contributed by atoms with E-state index in [2.05, 4.69) is 10.2 Å². The molecular weight excluding hydrogens is 431 g/mol. The summed E-state index contributed by atoms with van der Waals surface area (Å²) >= 11 is 0. The summed E-state index contributed by atoms with van der Waals surface area (Å²) < 4.78 is 20.1. The van der Waals surface area contributed by atoms with Gasteiger partial charge in [0.05, 0.1) is 11.3 Å². The number of aliphatic carboxylic acids is 1. The van der Waals surface area contributed by atoms with Crippen LogP contribution in [0.4, 0.5) is 14.9 Å². The molecule has 0 atom stereocenters. The first-order valence-corrected chi connectivity index (χ1v) is 10.00.